The van der Waals surface area contributed by atoms with Crippen molar-refractivity contribution in [1.29, 1.82) is 0 Å². The van der Waals surface area contributed by atoms with Crippen LogP contribution in [0.5, 0.6) is 0 Å². The van der Waals surface area contributed by atoms with E-state index >= 15 is 0 Å². The molecule has 1 aromatic rings. The molecule has 2 rings (SSSR count). The SMILES string of the molecule is CCCS(=O)(=O)Nc1cc(NC(=O)C2(CN)CCOCC2)c(F)cc1F. The van der Waals surface area contributed by atoms with Gasteiger partial charge in [-0.3, -0.25) is 9.52 Å². The average molecular weight is 391 g/mol. The molecule has 1 fully saturated rings. The predicted octanol–water partition coefficient (Wildman–Crippen LogP) is 1.81. The molecule has 26 heavy (non-hydrogen) atoms. The molecule has 7 nitrogen and oxygen atoms in total. The fourth-order valence-electron chi connectivity index (χ4n) is 2.75. The van der Waals surface area contributed by atoms with E-state index in [1.165, 1.54) is 0 Å². The van der Waals surface area contributed by atoms with Gasteiger partial charge < -0.3 is 15.8 Å². The van der Waals surface area contributed by atoms with Crippen LogP contribution in [0, 0.1) is 17.0 Å². The monoisotopic (exact) mass is 391 g/mol. The molecule has 0 aliphatic carbocycles. The highest BCUT2D eigenvalue weighted by atomic mass is 32.2. The van der Waals surface area contributed by atoms with Crippen molar-refractivity contribution < 1.29 is 26.7 Å². The lowest BCUT2D eigenvalue weighted by Crippen LogP contribution is -2.46. The maximum absolute atomic E-state index is 14.1. The van der Waals surface area contributed by atoms with Gasteiger partial charge in [-0.15, -0.1) is 0 Å². The Hall–Kier alpha value is -1.78. The van der Waals surface area contributed by atoms with E-state index in [2.05, 4.69) is 10.0 Å². The van der Waals surface area contributed by atoms with E-state index in [1.54, 1.807) is 6.92 Å². The second-order valence-corrected chi connectivity index (χ2v) is 8.13. The van der Waals surface area contributed by atoms with E-state index in [-0.39, 0.29) is 18.0 Å². The molecule has 1 aromatic carbocycles. The summed E-state index contributed by atoms with van der Waals surface area (Å²) in [6.07, 6.45) is 1.10. The number of halogens is 2. The van der Waals surface area contributed by atoms with Crippen LogP contribution in [0.3, 0.4) is 0 Å². The van der Waals surface area contributed by atoms with Gasteiger partial charge in [0.1, 0.15) is 11.6 Å². The zero-order chi connectivity index (χ0) is 19.4. The first-order chi connectivity index (χ1) is 12.2. The molecular weight excluding hydrogens is 368 g/mol. The molecule has 0 saturated carbocycles. The minimum atomic E-state index is -3.76. The van der Waals surface area contributed by atoms with Crippen LogP contribution < -0.4 is 15.8 Å². The van der Waals surface area contributed by atoms with Gasteiger partial charge in [0.15, 0.2) is 0 Å². The molecule has 10 heteroatoms. The van der Waals surface area contributed by atoms with Crippen LogP contribution in [0.25, 0.3) is 0 Å². The largest absolute Gasteiger partial charge is 0.381 e. The molecule has 0 spiro atoms. The number of nitrogens with two attached hydrogens (primary N) is 1. The lowest BCUT2D eigenvalue weighted by molar-refractivity contribution is -0.130. The normalized spacial score (nSPS) is 16.9. The lowest BCUT2D eigenvalue weighted by atomic mass is 9.79. The number of hydrogen-bond donors (Lipinski definition) is 3. The van der Waals surface area contributed by atoms with Gasteiger partial charge in [0.2, 0.25) is 15.9 Å². The molecule has 1 amide bonds. The van der Waals surface area contributed by atoms with Gasteiger partial charge in [-0.1, -0.05) is 6.92 Å². The second kappa shape index (κ2) is 8.28. The van der Waals surface area contributed by atoms with E-state index in [9.17, 15) is 22.0 Å². The molecule has 4 N–H and O–H groups in total. The highest BCUT2D eigenvalue weighted by Crippen LogP contribution is 2.32. The topological polar surface area (TPSA) is 111 Å². The lowest BCUT2D eigenvalue weighted by Gasteiger charge is -2.34. The number of carbonyl (C=O) groups is 1. The van der Waals surface area contributed by atoms with E-state index < -0.39 is 38.7 Å². The standard InChI is InChI=1S/C16H23F2N3O4S/c1-2-7-26(23,24)21-14-9-13(11(17)8-12(14)18)20-15(22)16(10-19)3-5-25-6-4-16/h8-9,21H,2-7,10,19H2,1H3,(H,20,22). The maximum Gasteiger partial charge on any atom is 0.232 e. The Morgan fingerprint density at radius 3 is 2.42 bits per heavy atom. The van der Waals surface area contributed by atoms with Gasteiger partial charge in [0.05, 0.1) is 22.5 Å². The van der Waals surface area contributed by atoms with Gasteiger partial charge in [-0.2, -0.15) is 0 Å². The van der Waals surface area contributed by atoms with Crippen molar-refractivity contribution in [3.05, 3.63) is 23.8 Å². The summed E-state index contributed by atoms with van der Waals surface area (Å²) in [7, 11) is -3.76. The fraction of sp³-hybridized carbons (Fsp3) is 0.562. The highest BCUT2D eigenvalue weighted by Gasteiger charge is 2.39. The van der Waals surface area contributed by atoms with Crippen molar-refractivity contribution in [3.8, 4) is 0 Å². The van der Waals surface area contributed by atoms with Crippen LogP contribution in [-0.4, -0.2) is 39.8 Å². The fourth-order valence-corrected chi connectivity index (χ4v) is 3.88. The Balaban J connectivity index is 2.26. The van der Waals surface area contributed by atoms with Crippen molar-refractivity contribution in [2.45, 2.75) is 26.2 Å². The molecule has 146 valence electrons. The third-order valence-electron chi connectivity index (χ3n) is 4.37. The summed E-state index contributed by atoms with van der Waals surface area (Å²) in [5.74, 6) is -2.79. The number of rotatable bonds is 7. The van der Waals surface area contributed by atoms with Gasteiger partial charge in [-0.05, 0) is 25.3 Å². The maximum atomic E-state index is 14.1. The van der Waals surface area contributed by atoms with E-state index in [0.717, 1.165) is 6.07 Å². The Bertz CT molecular complexity index is 765. The third-order valence-corrected chi connectivity index (χ3v) is 5.84. The molecule has 1 saturated heterocycles. The average Bonchev–Trinajstić information content (AvgIpc) is 2.59. The quantitative estimate of drug-likeness (QED) is 0.657. The highest BCUT2D eigenvalue weighted by molar-refractivity contribution is 7.92. The van der Waals surface area contributed by atoms with Crippen molar-refractivity contribution in [1.82, 2.24) is 0 Å². The molecule has 0 bridgehead atoms. The predicted molar refractivity (Wildman–Crippen MR) is 94.2 cm³/mol. The summed E-state index contributed by atoms with van der Waals surface area (Å²) in [4.78, 5) is 12.6. The number of nitrogens with one attached hydrogen (secondary N) is 2. The summed E-state index contributed by atoms with van der Waals surface area (Å²) in [6, 6.07) is 1.46. The molecule has 1 aliphatic heterocycles. The number of sulfonamides is 1. The van der Waals surface area contributed by atoms with Crippen molar-refractivity contribution in [2.24, 2.45) is 11.1 Å². The molecular formula is C16H23F2N3O4S. The Morgan fingerprint density at radius 1 is 1.23 bits per heavy atom. The van der Waals surface area contributed by atoms with Crippen molar-refractivity contribution in [2.75, 3.05) is 35.6 Å². The smallest absolute Gasteiger partial charge is 0.232 e. The summed E-state index contributed by atoms with van der Waals surface area (Å²) in [5.41, 5.74) is 4.10. The molecule has 1 heterocycles. The van der Waals surface area contributed by atoms with Gasteiger partial charge in [0, 0.05) is 25.8 Å². The van der Waals surface area contributed by atoms with Gasteiger partial charge in [-0.25, -0.2) is 17.2 Å². The van der Waals surface area contributed by atoms with Crippen LogP contribution in [0.15, 0.2) is 12.1 Å². The number of carbonyl (C=O) groups excluding carboxylic acids is 1. The van der Waals surface area contributed by atoms with Crippen LogP contribution >= 0.6 is 0 Å². The second-order valence-electron chi connectivity index (χ2n) is 6.28. The van der Waals surface area contributed by atoms with E-state index in [4.69, 9.17) is 10.5 Å². The molecule has 0 aromatic heterocycles. The molecule has 0 unspecified atom stereocenters. The Morgan fingerprint density at radius 2 is 1.85 bits per heavy atom. The van der Waals surface area contributed by atoms with E-state index in [0.29, 0.717) is 38.5 Å². The summed E-state index contributed by atoms with van der Waals surface area (Å²) in [5, 5.41) is 2.41. The van der Waals surface area contributed by atoms with Crippen LogP contribution in [0.1, 0.15) is 26.2 Å². The first-order valence-corrected chi connectivity index (χ1v) is 9.97. The molecule has 0 radical (unpaired) electrons. The number of amides is 1. The van der Waals surface area contributed by atoms with Crippen molar-refractivity contribution >= 4 is 27.3 Å². The summed E-state index contributed by atoms with van der Waals surface area (Å²) in [6.45, 7) is 2.43. The molecule has 0 atom stereocenters. The summed E-state index contributed by atoms with van der Waals surface area (Å²) >= 11 is 0. The zero-order valence-electron chi connectivity index (χ0n) is 14.5. The number of ether oxygens (including phenoxy) is 1. The number of hydrogen-bond acceptors (Lipinski definition) is 5. The third kappa shape index (κ3) is 4.68. The van der Waals surface area contributed by atoms with Gasteiger partial charge >= 0.3 is 0 Å². The first-order valence-electron chi connectivity index (χ1n) is 8.32. The number of benzene rings is 1. The van der Waals surface area contributed by atoms with Crippen LogP contribution in [0.2, 0.25) is 0 Å². The van der Waals surface area contributed by atoms with Crippen LogP contribution in [0.4, 0.5) is 20.2 Å². The molecule has 1 aliphatic rings. The number of anilines is 2. The Kier molecular flexibility index (Phi) is 6.53. The Labute approximate surface area is 151 Å². The first kappa shape index (κ1) is 20.5. The minimum Gasteiger partial charge on any atom is -0.381 e. The zero-order valence-corrected chi connectivity index (χ0v) is 15.3. The van der Waals surface area contributed by atoms with Crippen LogP contribution in [-0.2, 0) is 19.6 Å². The van der Waals surface area contributed by atoms with E-state index in [1.807, 2.05) is 0 Å². The van der Waals surface area contributed by atoms with Crippen molar-refractivity contribution in [3.63, 3.8) is 0 Å². The summed E-state index contributed by atoms with van der Waals surface area (Å²) < 4.78 is 58.9. The van der Waals surface area contributed by atoms with Gasteiger partial charge in [0.25, 0.3) is 0 Å². The minimum absolute atomic E-state index is 0.0565.